The molecule has 0 aliphatic rings. The number of aryl methyl sites for hydroxylation is 1. The largest absolute Gasteiger partial charge is 0.361 e. The molecule has 0 radical (unpaired) electrons. The van der Waals surface area contributed by atoms with Crippen LogP contribution in [-0.2, 0) is 0 Å². The van der Waals surface area contributed by atoms with Crippen molar-refractivity contribution in [2.45, 2.75) is 6.92 Å². The number of carbonyl (C=O) groups is 1. The molecule has 0 aliphatic heterocycles. The maximum Gasteiger partial charge on any atom is 0.199 e. The van der Waals surface area contributed by atoms with Crippen LogP contribution in [-0.4, -0.2) is 10.9 Å². The fourth-order valence-corrected chi connectivity index (χ4v) is 1.83. The Morgan fingerprint density at radius 2 is 2.06 bits per heavy atom. The molecule has 2 aromatic rings. The van der Waals surface area contributed by atoms with Crippen molar-refractivity contribution in [2.24, 2.45) is 0 Å². The molecule has 0 unspecified atom stereocenters. The number of hydrogen-bond donors (Lipinski definition) is 0. The van der Waals surface area contributed by atoms with Gasteiger partial charge in [-0.1, -0.05) is 28.4 Å². The highest BCUT2D eigenvalue weighted by atomic mass is 35.5. The first-order valence-corrected chi connectivity index (χ1v) is 5.26. The summed E-state index contributed by atoms with van der Waals surface area (Å²) < 4.78 is 4.83. The Balaban J connectivity index is 2.46. The van der Waals surface area contributed by atoms with Gasteiger partial charge in [-0.3, -0.25) is 4.79 Å². The first-order valence-electron chi connectivity index (χ1n) is 4.50. The van der Waals surface area contributed by atoms with Gasteiger partial charge < -0.3 is 4.52 Å². The normalized spacial score (nSPS) is 10.4. The molecule has 0 saturated carbocycles. The molecule has 0 atom stereocenters. The van der Waals surface area contributed by atoms with E-state index in [1.54, 1.807) is 19.1 Å². The molecular weight excluding hydrogens is 249 g/mol. The Kier molecular flexibility index (Phi) is 2.99. The maximum absolute atomic E-state index is 12.0. The molecule has 0 N–H and O–H groups in total. The number of hydrogen-bond acceptors (Lipinski definition) is 3. The van der Waals surface area contributed by atoms with Gasteiger partial charge >= 0.3 is 0 Å². The van der Waals surface area contributed by atoms with Crippen molar-refractivity contribution in [3.05, 3.63) is 51.3 Å². The summed E-state index contributed by atoms with van der Waals surface area (Å²) >= 11 is 11.7. The summed E-state index contributed by atoms with van der Waals surface area (Å²) in [4.78, 5) is 12.0. The molecule has 1 heterocycles. The molecule has 5 heteroatoms. The van der Waals surface area contributed by atoms with Crippen LogP contribution in [0, 0.1) is 6.92 Å². The molecule has 3 nitrogen and oxygen atoms in total. The van der Waals surface area contributed by atoms with Gasteiger partial charge in [0, 0.05) is 10.6 Å². The molecular formula is C11H7Cl2NO2. The molecule has 0 aliphatic carbocycles. The van der Waals surface area contributed by atoms with E-state index in [-0.39, 0.29) is 5.78 Å². The van der Waals surface area contributed by atoms with Gasteiger partial charge in [0.1, 0.15) is 5.76 Å². The zero-order valence-electron chi connectivity index (χ0n) is 8.33. The Morgan fingerprint density at radius 3 is 2.62 bits per heavy atom. The minimum atomic E-state index is -0.222. The third-order valence-electron chi connectivity index (χ3n) is 2.17. The first kappa shape index (κ1) is 11.2. The number of halogens is 2. The monoisotopic (exact) mass is 255 g/mol. The third kappa shape index (κ3) is 1.96. The second kappa shape index (κ2) is 4.28. The predicted molar refractivity (Wildman–Crippen MR) is 61.1 cm³/mol. The van der Waals surface area contributed by atoms with Gasteiger partial charge in [-0.25, -0.2) is 0 Å². The molecule has 0 spiro atoms. The number of benzene rings is 1. The van der Waals surface area contributed by atoms with Crippen LogP contribution in [0.25, 0.3) is 0 Å². The topological polar surface area (TPSA) is 43.1 Å². The van der Waals surface area contributed by atoms with Gasteiger partial charge in [-0.2, -0.15) is 0 Å². The Hall–Kier alpha value is -1.32. The summed E-state index contributed by atoms with van der Waals surface area (Å²) in [5.74, 6) is 0.247. The van der Waals surface area contributed by atoms with E-state index >= 15 is 0 Å². The lowest BCUT2D eigenvalue weighted by molar-refractivity contribution is 0.103. The van der Waals surface area contributed by atoms with E-state index in [0.29, 0.717) is 26.9 Å². The number of carbonyl (C=O) groups excluding carboxylic acids is 1. The molecule has 0 bridgehead atoms. The van der Waals surface area contributed by atoms with Crippen molar-refractivity contribution in [3.8, 4) is 0 Å². The molecule has 82 valence electrons. The SMILES string of the molecule is Cc1oncc1C(=O)c1ccc(Cl)cc1Cl. The van der Waals surface area contributed by atoms with Crippen molar-refractivity contribution < 1.29 is 9.32 Å². The second-order valence-electron chi connectivity index (χ2n) is 3.25. The van der Waals surface area contributed by atoms with Crippen molar-refractivity contribution in [3.63, 3.8) is 0 Å². The zero-order chi connectivity index (χ0) is 11.7. The van der Waals surface area contributed by atoms with E-state index in [1.807, 2.05) is 0 Å². The second-order valence-corrected chi connectivity index (χ2v) is 4.09. The number of ketones is 1. The van der Waals surface area contributed by atoms with Crippen molar-refractivity contribution in [1.29, 1.82) is 0 Å². The van der Waals surface area contributed by atoms with Crippen LogP contribution in [0.5, 0.6) is 0 Å². The Morgan fingerprint density at radius 1 is 1.31 bits per heavy atom. The minimum Gasteiger partial charge on any atom is -0.361 e. The van der Waals surface area contributed by atoms with Gasteiger partial charge in [-0.15, -0.1) is 0 Å². The summed E-state index contributed by atoms with van der Waals surface area (Å²) in [6, 6.07) is 4.72. The highest BCUT2D eigenvalue weighted by molar-refractivity contribution is 6.37. The highest BCUT2D eigenvalue weighted by Gasteiger charge is 2.17. The minimum absolute atomic E-state index is 0.222. The average Bonchev–Trinajstić information content (AvgIpc) is 2.63. The van der Waals surface area contributed by atoms with Crippen molar-refractivity contribution >= 4 is 29.0 Å². The molecule has 16 heavy (non-hydrogen) atoms. The summed E-state index contributed by atoms with van der Waals surface area (Å²) in [7, 11) is 0. The number of rotatable bonds is 2. The van der Waals surface area contributed by atoms with Crippen LogP contribution in [0.2, 0.25) is 10.0 Å². The van der Waals surface area contributed by atoms with E-state index in [2.05, 4.69) is 5.16 Å². The van der Waals surface area contributed by atoms with Crippen molar-refractivity contribution in [1.82, 2.24) is 5.16 Å². The summed E-state index contributed by atoms with van der Waals surface area (Å²) in [5.41, 5.74) is 0.793. The van der Waals surface area contributed by atoms with Crippen molar-refractivity contribution in [2.75, 3.05) is 0 Å². The van der Waals surface area contributed by atoms with Gasteiger partial charge in [0.2, 0.25) is 0 Å². The van der Waals surface area contributed by atoms with Crippen LogP contribution in [0.3, 0.4) is 0 Å². The first-order chi connectivity index (χ1) is 7.59. The quantitative estimate of drug-likeness (QED) is 0.772. The molecule has 2 rings (SSSR count). The molecule has 0 fully saturated rings. The summed E-state index contributed by atoms with van der Waals surface area (Å²) in [6.07, 6.45) is 1.38. The Bertz CT molecular complexity index is 549. The van der Waals surface area contributed by atoms with Crippen LogP contribution in [0.1, 0.15) is 21.7 Å². The molecule has 0 amide bonds. The number of aromatic nitrogens is 1. The zero-order valence-corrected chi connectivity index (χ0v) is 9.84. The van der Waals surface area contributed by atoms with Crippen LogP contribution >= 0.6 is 23.2 Å². The average molecular weight is 256 g/mol. The van der Waals surface area contributed by atoms with Crippen LogP contribution < -0.4 is 0 Å². The van der Waals surface area contributed by atoms with Crippen LogP contribution in [0.4, 0.5) is 0 Å². The third-order valence-corrected chi connectivity index (χ3v) is 2.72. The van der Waals surface area contributed by atoms with Crippen LogP contribution in [0.15, 0.2) is 28.9 Å². The van der Waals surface area contributed by atoms with E-state index in [9.17, 15) is 4.79 Å². The standard InChI is InChI=1S/C11H7Cl2NO2/c1-6-9(5-14-16-6)11(15)8-3-2-7(12)4-10(8)13/h2-5H,1H3. The van der Waals surface area contributed by atoms with Gasteiger partial charge in [0.25, 0.3) is 0 Å². The molecule has 1 aromatic carbocycles. The fourth-order valence-electron chi connectivity index (χ4n) is 1.34. The van der Waals surface area contributed by atoms with E-state index in [1.165, 1.54) is 12.3 Å². The predicted octanol–water partition coefficient (Wildman–Crippen LogP) is 3.52. The van der Waals surface area contributed by atoms with E-state index < -0.39 is 0 Å². The van der Waals surface area contributed by atoms with Gasteiger partial charge in [-0.05, 0) is 25.1 Å². The van der Waals surface area contributed by atoms with Gasteiger partial charge in [0.05, 0.1) is 16.8 Å². The smallest absolute Gasteiger partial charge is 0.199 e. The fraction of sp³-hybridized carbons (Fsp3) is 0.0909. The highest BCUT2D eigenvalue weighted by Crippen LogP contribution is 2.24. The summed E-state index contributed by atoms with van der Waals surface area (Å²) in [6.45, 7) is 1.67. The van der Waals surface area contributed by atoms with E-state index in [4.69, 9.17) is 27.7 Å². The lowest BCUT2D eigenvalue weighted by Crippen LogP contribution is -2.02. The molecule has 0 saturated heterocycles. The van der Waals surface area contributed by atoms with E-state index in [0.717, 1.165) is 0 Å². The summed E-state index contributed by atoms with van der Waals surface area (Å²) in [5, 5.41) is 4.36. The molecule has 1 aromatic heterocycles. The maximum atomic E-state index is 12.0. The Labute approximate surface area is 102 Å². The van der Waals surface area contributed by atoms with Gasteiger partial charge in [0.15, 0.2) is 5.78 Å². The lowest BCUT2D eigenvalue weighted by atomic mass is 10.0. The number of nitrogens with zero attached hydrogens (tertiary/aromatic N) is 1. The lowest BCUT2D eigenvalue weighted by Gasteiger charge is -2.02.